The van der Waals surface area contributed by atoms with E-state index in [9.17, 15) is 9.59 Å². The number of anilines is 1. The SMILES string of the molecule is Cc1sc2nc(SCC(=O)Nc3cccc(Br)c3)n(C)c(=O)c2c1C. The van der Waals surface area contributed by atoms with E-state index >= 15 is 0 Å². The molecule has 2 aromatic heterocycles. The summed E-state index contributed by atoms with van der Waals surface area (Å²) in [6.07, 6.45) is 0. The molecule has 0 atom stereocenters. The van der Waals surface area contributed by atoms with E-state index in [4.69, 9.17) is 0 Å². The number of hydrogen-bond donors (Lipinski definition) is 1. The van der Waals surface area contributed by atoms with Crippen LogP contribution in [0.4, 0.5) is 5.69 Å². The Morgan fingerprint density at radius 2 is 2.16 bits per heavy atom. The van der Waals surface area contributed by atoms with Crippen LogP contribution in [0, 0.1) is 13.8 Å². The molecule has 1 N–H and O–H groups in total. The normalized spacial score (nSPS) is 11.0. The molecule has 3 rings (SSSR count). The van der Waals surface area contributed by atoms with Crippen LogP contribution in [0.5, 0.6) is 0 Å². The number of aromatic nitrogens is 2. The average Bonchev–Trinajstić information content (AvgIpc) is 2.84. The summed E-state index contributed by atoms with van der Waals surface area (Å²) in [4.78, 5) is 31.1. The fourth-order valence-corrected chi connectivity index (χ4v) is 4.62. The number of benzene rings is 1. The van der Waals surface area contributed by atoms with E-state index in [1.807, 2.05) is 38.1 Å². The molecule has 0 aliphatic carbocycles. The van der Waals surface area contributed by atoms with Crippen molar-refractivity contribution in [1.29, 1.82) is 0 Å². The third kappa shape index (κ3) is 3.80. The molecule has 0 spiro atoms. The molecule has 5 nitrogen and oxygen atoms in total. The van der Waals surface area contributed by atoms with Gasteiger partial charge in [-0.25, -0.2) is 4.98 Å². The van der Waals surface area contributed by atoms with E-state index in [1.54, 1.807) is 7.05 Å². The molecule has 8 heteroatoms. The zero-order valence-electron chi connectivity index (χ0n) is 13.9. The molecule has 0 saturated carbocycles. The maximum absolute atomic E-state index is 12.6. The monoisotopic (exact) mass is 437 g/mol. The number of thioether (sulfide) groups is 1. The van der Waals surface area contributed by atoms with Crippen LogP contribution < -0.4 is 10.9 Å². The van der Waals surface area contributed by atoms with Crippen molar-refractivity contribution in [1.82, 2.24) is 9.55 Å². The van der Waals surface area contributed by atoms with Gasteiger partial charge in [0.15, 0.2) is 5.16 Å². The molecular formula is C17H16BrN3O2S2. The van der Waals surface area contributed by atoms with E-state index in [-0.39, 0.29) is 17.2 Å². The van der Waals surface area contributed by atoms with Gasteiger partial charge in [0, 0.05) is 22.1 Å². The van der Waals surface area contributed by atoms with Crippen LogP contribution >= 0.6 is 39.0 Å². The Morgan fingerprint density at radius 3 is 2.88 bits per heavy atom. The fourth-order valence-electron chi connectivity index (χ4n) is 2.38. The Morgan fingerprint density at radius 1 is 1.40 bits per heavy atom. The topological polar surface area (TPSA) is 64.0 Å². The van der Waals surface area contributed by atoms with Crippen molar-refractivity contribution in [2.75, 3.05) is 11.1 Å². The summed E-state index contributed by atoms with van der Waals surface area (Å²) in [7, 11) is 1.69. The lowest BCUT2D eigenvalue weighted by Gasteiger charge is -2.08. The van der Waals surface area contributed by atoms with Gasteiger partial charge in [-0.15, -0.1) is 11.3 Å². The van der Waals surface area contributed by atoms with Gasteiger partial charge in [-0.05, 0) is 37.6 Å². The number of halogens is 1. The minimum absolute atomic E-state index is 0.0678. The van der Waals surface area contributed by atoms with Crippen molar-refractivity contribution in [3.8, 4) is 0 Å². The molecule has 1 amide bonds. The average molecular weight is 438 g/mol. The molecule has 0 saturated heterocycles. The summed E-state index contributed by atoms with van der Waals surface area (Å²) in [5, 5.41) is 4.05. The van der Waals surface area contributed by atoms with Gasteiger partial charge in [0.05, 0.1) is 11.1 Å². The molecule has 0 aliphatic rings. The number of carbonyl (C=O) groups is 1. The molecule has 0 aliphatic heterocycles. The highest BCUT2D eigenvalue weighted by Gasteiger charge is 2.15. The van der Waals surface area contributed by atoms with Crippen LogP contribution in [-0.4, -0.2) is 21.2 Å². The van der Waals surface area contributed by atoms with Crippen LogP contribution in [0.1, 0.15) is 10.4 Å². The van der Waals surface area contributed by atoms with Crippen molar-refractivity contribution >= 4 is 60.8 Å². The molecule has 2 heterocycles. The second-order valence-corrected chi connectivity index (χ2v) is 8.63. The highest BCUT2D eigenvalue weighted by molar-refractivity contribution is 9.10. The van der Waals surface area contributed by atoms with E-state index in [1.165, 1.54) is 27.7 Å². The number of nitrogens with zero attached hydrogens (tertiary/aromatic N) is 2. The summed E-state index contributed by atoms with van der Waals surface area (Å²) < 4.78 is 2.41. The number of nitrogens with one attached hydrogen (secondary N) is 1. The molecule has 25 heavy (non-hydrogen) atoms. The lowest BCUT2D eigenvalue weighted by molar-refractivity contribution is -0.113. The first-order valence-electron chi connectivity index (χ1n) is 7.51. The number of amides is 1. The minimum Gasteiger partial charge on any atom is -0.325 e. The third-order valence-electron chi connectivity index (χ3n) is 3.81. The first-order chi connectivity index (χ1) is 11.9. The molecule has 3 aromatic rings. The van der Waals surface area contributed by atoms with E-state index in [2.05, 4.69) is 26.2 Å². The smallest absolute Gasteiger partial charge is 0.262 e. The Labute approximate surface area is 161 Å². The van der Waals surface area contributed by atoms with Gasteiger partial charge in [-0.1, -0.05) is 33.8 Å². The summed E-state index contributed by atoms with van der Waals surface area (Å²) in [5.74, 6) is 0.0396. The summed E-state index contributed by atoms with van der Waals surface area (Å²) in [6.45, 7) is 3.93. The van der Waals surface area contributed by atoms with Crippen LogP contribution in [-0.2, 0) is 11.8 Å². The first-order valence-corrected chi connectivity index (χ1v) is 10.1. The molecule has 0 unspecified atom stereocenters. The van der Waals surface area contributed by atoms with Crippen LogP contribution in [0.3, 0.4) is 0 Å². The molecule has 0 bridgehead atoms. The molecule has 1 aromatic carbocycles. The Hall–Kier alpha value is -1.64. The maximum atomic E-state index is 12.6. The van der Waals surface area contributed by atoms with Crippen molar-refractivity contribution in [3.63, 3.8) is 0 Å². The fraction of sp³-hybridized carbons (Fsp3) is 0.235. The van der Waals surface area contributed by atoms with E-state index in [0.717, 1.165) is 25.4 Å². The van der Waals surface area contributed by atoms with E-state index in [0.29, 0.717) is 10.5 Å². The summed E-state index contributed by atoms with van der Waals surface area (Å²) in [6, 6.07) is 7.40. The zero-order chi connectivity index (χ0) is 18.1. The highest BCUT2D eigenvalue weighted by Crippen LogP contribution is 2.28. The number of carbonyl (C=O) groups excluding carboxylic acids is 1. The highest BCUT2D eigenvalue weighted by atomic mass is 79.9. The predicted octanol–water partition coefficient (Wildman–Crippen LogP) is 4.11. The first kappa shape index (κ1) is 18.2. The molecule has 0 radical (unpaired) electrons. The number of rotatable bonds is 4. The number of hydrogen-bond acceptors (Lipinski definition) is 5. The van der Waals surface area contributed by atoms with Gasteiger partial charge < -0.3 is 5.32 Å². The van der Waals surface area contributed by atoms with Crippen molar-refractivity contribution < 1.29 is 4.79 Å². The van der Waals surface area contributed by atoms with Gasteiger partial charge in [0.2, 0.25) is 5.91 Å². The van der Waals surface area contributed by atoms with E-state index < -0.39 is 0 Å². The van der Waals surface area contributed by atoms with Crippen LogP contribution in [0.15, 0.2) is 38.7 Å². The van der Waals surface area contributed by atoms with Crippen molar-refractivity contribution in [3.05, 3.63) is 49.5 Å². The standard InChI is InChI=1S/C17H16BrN3O2S2/c1-9-10(2)25-15-14(9)16(23)21(3)17(20-15)24-8-13(22)19-12-6-4-5-11(18)7-12/h4-7H,8H2,1-3H3,(H,19,22). The van der Waals surface area contributed by atoms with Crippen LogP contribution in [0.2, 0.25) is 0 Å². The second kappa shape index (κ2) is 7.31. The quantitative estimate of drug-likeness (QED) is 0.492. The number of aryl methyl sites for hydroxylation is 2. The van der Waals surface area contributed by atoms with Gasteiger partial charge in [-0.3, -0.25) is 14.2 Å². The van der Waals surface area contributed by atoms with Crippen LogP contribution in [0.25, 0.3) is 10.2 Å². The predicted molar refractivity (Wildman–Crippen MR) is 108 cm³/mol. The molecule has 130 valence electrons. The Bertz CT molecular complexity index is 1030. The lowest BCUT2D eigenvalue weighted by atomic mass is 10.2. The lowest BCUT2D eigenvalue weighted by Crippen LogP contribution is -2.21. The maximum Gasteiger partial charge on any atom is 0.262 e. The summed E-state index contributed by atoms with van der Waals surface area (Å²) >= 11 is 6.14. The Kier molecular flexibility index (Phi) is 5.31. The largest absolute Gasteiger partial charge is 0.325 e. The number of thiophene rings is 1. The third-order valence-corrected chi connectivity index (χ3v) is 6.43. The molecular weight excluding hydrogens is 422 g/mol. The second-order valence-electron chi connectivity index (χ2n) is 5.57. The van der Waals surface area contributed by atoms with Gasteiger partial charge in [-0.2, -0.15) is 0 Å². The zero-order valence-corrected chi connectivity index (χ0v) is 17.1. The van der Waals surface area contributed by atoms with Gasteiger partial charge in [0.1, 0.15) is 4.83 Å². The van der Waals surface area contributed by atoms with Gasteiger partial charge in [0.25, 0.3) is 5.56 Å². The minimum atomic E-state index is -0.143. The number of fused-ring (bicyclic) bond motifs is 1. The van der Waals surface area contributed by atoms with Crippen molar-refractivity contribution in [2.45, 2.75) is 19.0 Å². The molecule has 0 fully saturated rings. The van der Waals surface area contributed by atoms with Crippen molar-refractivity contribution in [2.24, 2.45) is 7.05 Å². The Balaban J connectivity index is 1.78. The van der Waals surface area contributed by atoms with Gasteiger partial charge >= 0.3 is 0 Å². The summed E-state index contributed by atoms with van der Waals surface area (Å²) in [5.41, 5.74) is 1.64.